The summed E-state index contributed by atoms with van der Waals surface area (Å²) in [6.45, 7) is -0.940. The first-order chi connectivity index (χ1) is 9.60. The van der Waals surface area contributed by atoms with Gasteiger partial charge in [0.2, 0.25) is 0 Å². The molecule has 12 heteroatoms. The van der Waals surface area contributed by atoms with Crippen molar-refractivity contribution in [3.05, 3.63) is 11.6 Å². The lowest BCUT2D eigenvalue weighted by atomic mass is 10.1. The number of carbonyl (C=O) groups is 2. The second-order valence-corrected chi connectivity index (χ2v) is 5.21. The number of aliphatic hydroxyl groups is 3. The third-order valence-corrected chi connectivity index (χ3v) is 2.80. The molecule has 0 radical (unpaired) electrons. The number of nitrogens with zero attached hydrogens (tertiary/aromatic N) is 1. The molecular formula is C9H13N2O9P. The molecule has 0 aliphatic carbocycles. The molecule has 21 heavy (non-hydrogen) atoms. The van der Waals surface area contributed by atoms with Crippen LogP contribution in [0.2, 0.25) is 0 Å². The van der Waals surface area contributed by atoms with Gasteiger partial charge in [0, 0.05) is 6.21 Å². The molecule has 1 aliphatic heterocycles. The predicted octanol–water partition coefficient (Wildman–Crippen LogP) is -2.57. The van der Waals surface area contributed by atoms with Gasteiger partial charge in [0.15, 0.2) is 0 Å². The van der Waals surface area contributed by atoms with Crippen LogP contribution in [0, 0.1) is 0 Å². The third-order valence-electron chi connectivity index (χ3n) is 2.31. The van der Waals surface area contributed by atoms with Crippen LogP contribution in [0.15, 0.2) is 16.6 Å². The maximum absolute atomic E-state index is 11.3. The SMILES string of the molecule is O=C1N=C/C(=C\[C@H](O)[C@H](O)[C@H](O)COP(=O)(O)O)C(=O)N1. The van der Waals surface area contributed by atoms with Crippen LogP contribution in [-0.4, -0.2) is 68.2 Å². The Kier molecular flexibility index (Phi) is 5.87. The molecule has 0 spiro atoms. The van der Waals surface area contributed by atoms with Gasteiger partial charge in [-0.2, -0.15) is 0 Å². The van der Waals surface area contributed by atoms with Gasteiger partial charge in [0.05, 0.1) is 12.2 Å². The first-order valence-electron chi connectivity index (χ1n) is 5.45. The van der Waals surface area contributed by atoms with E-state index in [1.54, 1.807) is 0 Å². The molecule has 1 heterocycles. The average molecular weight is 324 g/mol. The minimum absolute atomic E-state index is 0.232. The van der Waals surface area contributed by atoms with Crippen LogP contribution in [0.1, 0.15) is 0 Å². The van der Waals surface area contributed by atoms with E-state index in [1.165, 1.54) is 0 Å². The Balaban J connectivity index is 2.67. The molecule has 11 nitrogen and oxygen atoms in total. The maximum Gasteiger partial charge on any atom is 0.469 e. The number of urea groups is 1. The van der Waals surface area contributed by atoms with Crippen molar-refractivity contribution in [1.29, 1.82) is 0 Å². The largest absolute Gasteiger partial charge is 0.469 e. The van der Waals surface area contributed by atoms with E-state index in [0.29, 0.717) is 0 Å². The number of hydrogen-bond acceptors (Lipinski definition) is 7. The van der Waals surface area contributed by atoms with Crippen LogP contribution in [-0.2, 0) is 13.9 Å². The van der Waals surface area contributed by atoms with Gasteiger partial charge in [0.1, 0.15) is 18.3 Å². The zero-order valence-electron chi connectivity index (χ0n) is 10.4. The minimum atomic E-state index is -4.83. The number of amides is 3. The highest BCUT2D eigenvalue weighted by Gasteiger charge is 2.28. The molecule has 118 valence electrons. The van der Waals surface area contributed by atoms with Crippen molar-refractivity contribution >= 4 is 26.0 Å². The molecule has 0 saturated heterocycles. The van der Waals surface area contributed by atoms with Gasteiger partial charge in [-0.25, -0.2) is 14.4 Å². The van der Waals surface area contributed by atoms with Gasteiger partial charge in [-0.1, -0.05) is 0 Å². The summed E-state index contributed by atoms with van der Waals surface area (Å²) in [4.78, 5) is 42.1. The topological polar surface area (TPSA) is 186 Å². The predicted molar refractivity (Wildman–Crippen MR) is 66.1 cm³/mol. The van der Waals surface area contributed by atoms with Crippen molar-refractivity contribution in [2.24, 2.45) is 4.99 Å². The van der Waals surface area contributed by atoms with Gasteiger partial charge in [-0.15, -0.1) is 0 Å². The second-order valence-electron chi connectivity index (χ2n) is 3.97. The van der Waals surface area contributed by atoms with E-state index < -0.39 is 44.7 Å². The second kappa shape index (κ2) is 7.00. The standard InChI is InChI=1S/C9H13N2O9P/c12-5(1-4-2-10-9(16)11-8(4)15)7(14)6(13)3-20-21(17,18)19/h1-2,5-7,12-14H,3H2,(H,11,15,16)(H2,17,18,19)/b4-1+/t5-,6+,7-/m0/s1. The molecule has 0 unspecified atom stereocenters. The quantitative estimate of drug-likeness (QED) is 0.225. The van der Waals surface area contributed by atoms with Crippen LogP contribution in [0.4, 0.5) is 4.79 Å². The van der Waals surface area contributed by atoms with E-state index in [2.05, 4.69) is 9.52 Å². The van der Waals surface area contributed by atoms with Crippen molar-refractivity contribution in [1.82, 2.24) is 5.32 Å². The molecule has 3 atom stereocenters. The summed E-state index contributed by atoms with van der Waals surface area (Å²) in [7, 11) is -4.83. The van der Waals surface area contributed by atoms with E-state index >= 15 is 0 Å². The van der Waals surface area contributed by atoms with Crippen LogP contribution < -0.4 is 5.32 Å². The van der Waals surface area contributed by atoms with E-state index in [1.807, 2.05) is 5.32 Å². The molecule has 6 N–H and O–H groups in total. The first-order valence-corrected chi connectivity index (χ1v) is 6.98. The molecule has 1 aliphatic rings. The Morgan fingerprint density at radius 3 is 2.48 bits per heavy atom. The monoisotopic (exact) mass is 324 g/mol. The summed E-state index contributed by atoms with van der Waals surface area (Å²) < 4.78 is 14.4. The number of nitrogens with one attached hydrogen (secondary N) is 1. The first kappa shape index (κ1) is 17.6. The van der Waals surface area contributed by atoms with Crippen LogP contribution >= 0.6 is 7.82 Å². The Bertz CT molecular complexity index is 525. The maximum atomic E-state index is 11.3. The van der Waals surface area contributed by atoms with Crippen molar-refractivity contribution in [2.75, 3.05) is 6.61 Å². The summed E-state index contributed by atoms with van der Waals surface area (Å²) in [5.74, 6) is -0.859. The Hall–Kier alpha value is -1.46. The number of phosphoric ester groups is 1. The molecule has 0 saturated carbocycles. The van der Waals surface area contributed by atoms with Crippen molar-refractivity contribution < 1.29 is 43.8 Å². The summed E-state index contributed by atoms with van der Waals surface area (Å²) in [6.07, 6.45) is -3.80. The van der Waals surface area contributed by atoms with Gasteiger partial charge in [0.25, 0.3) is 5.91 Å². The summed E-state index contributed by atoms with van der Waals surface area (Å²) in [5, 5.41) is 30.3. The lowest BCUT2D eigenvalue weighted by Crippen LogP contribution is -2.40. The van der Waals surface area contributed by atoms with Gasteiger partial charge < -0.3 is 25.1 Å². The van der Waals surface area contributed by atoms with Crippen LogP contribution in [0.25, 0.3) is 0 Å². The fourth-order valence-corrected chi connectivity index (χ4v) is 1.64. The highest BCUT2D eigenvalue weighted by molar-refractivity contribution is 7.46. The van der Waals surface area contributed by atoms with Crippen molar-refractivity contribution in [3.63, 3.8) is 0 Å². The minimum Gasteiger partial charge on any atom is -0.388 e. The molecule has 0 bridgehead atoms. The fraction of sp³-hybridized carbons (Fsp3) is 0.444. The number of hydrogen-bond donors (Lipinski definition) is 6. The number of aliphatic hydroxyl groups excluding tert-OH is 3. The van der Waals surface area contributed by atoms with E-state index in [0.717, 1.165) is 12.3 Å². The third kappa shape index (κ3) is 5.81. The van der Waals surface area contributed by atoms with Crippen molar-refractivity contribution in [3.8, 4) is 0 Å². The fourth-order valence-electron chi connectivity index (χ4n) is 1.29. The normalized spacial score (nSPS) is 22.0. The lowest BCUT2D eigenvalue weighted by Gasteiger charge is -2.21. The van der Waals surface area contributed by atoms with Gasteiger partial charge in [-0.05, 0) is 6.08 Å². The average Bonchev–Trinajstić information content (AvgIpc) is 2.37. The number of rotatable bonds is 6. The van der Waals surface area contributed by atoms with Crippen molar-refractivity contribution in [2.45, 2.75) is 18.3 Å². The number of imide groups is 1. The lowest BCUT2D eigenvalue weighted by molar-refractivity contribution is -0.116. The molecule has 0 aromatic rings. The summed E-state index contributed by atoms with van der Waals surface area (Å²) >= 11 is 0. The zero-order valence-corrected chi connectivity index (χ0v) is 11.3. The molecule has 3 amide bonds. The zero-order chi connectivity index (χ0) is 16.2. The Labute approximate surface area is 117 Å². The highest BCUT2D eigenvalue weighted by atomic mass is 31.2. The van der Waals surface area contributed by atoms with Gasteiger partial charge in [-0.3, -0.25) is 14.6 Å². The molecule has 0 fully saturated rings. The number of carbonyl (C=O) groups excluding carboxylic acids is 2. The Morgan fingerprint density at radius 2 is 1.95 bits per heavy atom. The summed E-state index contributed by atoms with van der Waals surface area (Å²) in [5.41, 5.74) is -0.232. The number of aliphatic imine (C=N–C) groups is 1. The molecule has 0 aromatic heterocycles. The smallest absolute Gasteiger partial charge is 0.388 e. The molecular weight excluding hydrogens is 311 g/mol. The number of phosphoric acid groups is 1. The highest BCUT2D eigenvalue weighted by Crippen LogP contribution is 2.35. The van der Waals surface area contributed by atoms with Gasteiger partial charge >= 0.3 is 13.9 Å². The van der Waals surface area contributed by atoms with Crippen LogP contribution in [0.3, 0.4) is 0 Å². The summed E-state index contributed by atoms with van der Waals surface area (Å²) in [6, 6.07) is -0.887. The Morgan fingerprint density at radius 1 is 1.33 bits per heavy atom. The van der Waals surface area contributed by atoms with Crippen LogP contribution in [0.5, 0.6) is 0 Å². The van der Waals surface area contributed by atoms with E-state index in [9.17, 15) is 29.5 Å². The molecule has 1 rings (SSSR count). The van der Waals surface area contributed by atoms with E-state index in [-0.39, 0.29) is 5.57 Å². The molecule has 0 aromatic carbocycles. The van der Waals surface area contributed by atoms with E-state index in [4.69, 9.17) is 9.79 Å².